The normalized spacial score (nSPS) is 12.1. The number of nitrogens with zero attached hydrogens (tertiary/aromatic N) is 2. The van der Waals surface area contributed by atoms with Gasteiger partial charge in [0.2, 0.25) is 0 Å². The highest BCUT2D eigenvalue weighted by atomic mass is 19.4. The molecular formula is C12H15F3N2O4. The van der Waals surface area contributed by atoms with Gasteiger partial charge < -0.3 is 9.47 Å². The van der Waals surface area contributed by atoms with Crippen molar-refractivity contribution >= 4 is 11.9 Å². The molecule has 6 nitrogen and oxygen atoms in total. The second kappa shape index (κ2) is 5.74. The van der Waals surface area contributed by atoms with Crippen LogP contribution in [0.3, 0.4) is 0 Å². The van der Waals surface area contributed by atoms with Gasteiger partial charge in [-0.05, 0) is 20.8 Å². The van der Waals surface area contributed by atoms with Crippen LogP contribution in [0.4, 0.5) is 13.2 Å². The van der Waals surface area contributed by atoms with Gasteiger partial charge in [0, 0.05) is 6.07 Å². The maximum Gasteiger partial charge on any atom is 0.435 e. The summed E-state index contributed by atoms with van der Waals surface area (Å²) in [5.41, 5.74) is -2.56. The summed E-state index contributed by atoms with van der Waals surface area (Å²) in [6, 6.07) is 0.524. The van der Waals surface area contributed by atoms with Crippen LogP contribution < -0.4 is 0 Å². The van der Waals surface area contributed by atoms with Crippen LogP contribution in [0.25, 0.3) is 0 Å². The van der Waals surface area contributed by atoms with E-state index in [0.717, 1.165) is 7.11 Å². The molecule has 0 aliphatic heterocycles. The number of aromatic nitrogens is 2. The number of hydrogen-bond donors (Lipinski definition) is 0. The fourth-order valence-corrected chi connectivity index (χ4v) is 1.44. The van der Waals surface area contributed by atoms with Crippen molar-refractivity contribution < 1.29 is 32.2 Å². The van der Waals surface area contributed by atoms with E-state index in [1.54, 1.807) is 20.8 Å². The number of carbonyl (C=O) groups is 2. The molecule has 0 bridgehead atoms. The monoisotopic (exact) mass is 308 g/mol. The topological polar surface area (TPSA) is 70.4 Å². The summed E-state index contributed by atoms with van der Waals surface area (Å²) in [4.78, 5) is 23.1. The van der Waals surface area contributed by atoms with Crippen LogP contribution in [0.5, 0.6) is 0 Å². The molecule has 1 rings (SSSR count). The molecule has 1 aromatic heterocycles. The zero-order chi connectivity index (χ0) is 16.4. The van der Waals surface area contributed by atoms with Crippen molar-refractivity contribution in [3.8, 4) is 0 Å². The molecule has 1 heterocycles. The minimum absolute atomic E-state index is 0.476. The molecule has 21 heavy (non-hydrogen) atoms. The van der Waals surface area contributed by atoms with E-state index in [-0.39, 0.29) is 0 Å². The number of halogens is 3. The summed E-state index contributed by atoms with van der Waals surface area (Å²) >= 11 is 0. The van der Waals surface area contributed by atoms with Gasteiger partial charge in [0.15, 0.2) is 5.69 Å². The summed E-state index contributed by atoms with van der Waals surface area (Å²) in [5.74, 6) is -1.84. The van der Waals surface area contributed by atoms with Gasteiger partial charge >= 0.3 is 18.1 Å². The first kappa shape index (κ1) is 17.0. The van der Waals surface area contributed by atoms with E-state index >= 15 is 0 Å². The maximum atomic E-state index is 12.6. The number of esters is 2. The number of ether oxygens (including phenoxy) is 2. The predicted molar refractivity (Wildman–Crippen MR) is 64.4 cm³/mol. The Morgan fingerprint density at radius 1 is 1.29 bits per heavy atom. The molecule has 0 amide bonds. The second-order valence-corrected chi connectivity index (χ2v) is 5.15. The zero-order valence-corrected chi connectivity index (χ0v) is 11.9. The Bertz CT molecular complexity index is 544. The SMILES string of the molecule is COC(=O)c1cc(C(F)(F)F)nn1CC(=O)OC(C)(C)C. The number of rotatable bonds is 3. The van der Waals surface area contributed by atoms with Crippen molar-refractivity contribution in [1.82, 2.24) is 9.78 Å². The van der Waals surface area contributed by atoms with Crippen LogP contribution in [-0.4, -0.2) is 34.4 Å². The molecule has 0 aliphatic carbocycles. The van der Waals surface area contributed by atoms with Crippen LogP contribution in [0.15, 0.2) is 6.07 Å². The molecule has 0 saturated heterocycles. The minimum atomic E-state index is -4.73. The summed E-state index contributed by atoms with van der Waals surface area (Å²) in [6.45, 7) is 4.20. The number of carbonyl (C=O) groups excluding carboxylic acids is 2. The molecule has 0 atom stereocenters. The summed E-state index contributed by atoms with van der Waals surface area (Å²) < 4.78 is 47.8. The maximum absolute atomic E-state index is 12.6. The Balaban J connectivity index is 3.07. The lowest BCUT2D eigenvalue weighted by molar-refractivity contribution is -0.156. The average molecular weight is 308 g/mol. The fraction of sp³-hybridized carbons (Fsp3) is 0.583. The fourth-order valence-electron chi connectivity index (χ4n) is 1.44. The van der Waals surface area contributed by atoms with Crippen LogP contribution in [0, 0.1) is 0 Å². The molecule has 0 unspecified atom stereocenters. The molecule has 0 radical (unpaired) electrons. The highest BCUT2D eigenvalue weighted by molar-refractivity contribution is 5.88. The van der Waals surface area contributed by atoms with Gasteiger partial charge in [0.1, 0.15) is 17.8 Å². The number of hydrogen-bond acceptors (Lipinski definition) is 5. The summed E-state index contributed by atoms with van der Waals surface area (Å²) in [6.07, 6.45) is -4.73. The largest absolute Gasteiger partial charge is 0.464 e. The third kappa shape index (κ3) is 4.76. The molecular weight excluding hydrogens is 293 g/mol. The van der Waals surface area contributed by atoms with Crippen molar-refractivity contribution in [2.45, 2.75) is 39.1 Å². The van der Waals surface area contributed by atoms with Gasteiger partial charge in [-0.1, -0.05) is 0 Å². The Labute approximate surface area is 118 Å². The molecule has 0 aliphatic rings. The van der Waals surface area contributed by atoms with E-state index in [2.05, 4.69) is 9.84 Å². The molecule has 9 heteroatoms. The quantitative estimate of drug-likeness (QED) is 0.799. The van der Waals surface area contributed by atoms with Crippen molar-refractivity contribution in [3.63, 3.8) is 0 Å². The Hall–Kier alpha value is -2.06. The summed E-state index contributed by atoms with van der Waals surface area (Å²) in [7, 11) is 1.01. The first-order valence-corrected chi connectivity index (χ1v) is 5.89. The predicted octanol–water partition coefficient (Wildman–Crippen LogP) is 2.03. The van der Waals surface area contributed by atoms with Crippen LogP contribution in [-0.2, 0) is 27.0 Å². The molecule has 0 aromatic carbocycles. The Kier molecular flexibility index (Phi) is 4.65. The lowest BCUT2D eigenvalue weighted by Gasteiger charge is -2.19. The molecule has 0 N–H and O–H groups in total. The van der Waals surface area contributed by atoms with Gasteiger partial charge in [-0.25, -0.2) is 9.48 Å². The highest BCUT2D eigenvalue weighted by Crippen LogP contribution is 2.28. The lowest BCUT2D eigenvalue weighted by Crippen LogP contribution is -2.28. The molecule has 118 valence electrons. The molecule has 1 aromatic rings. The standard InChI is InChI=1S/C12H15F3N2O4/c1-11(2,3)21-9(18)6-17-7(10(19)20-4)5-8(16-17)12(13,14)15/h5H,6H2,1-4H3. The molecule has 0 spiro atoms. The Morgan fingerprint density at radius 3 is 2.29 bits per heavy atom. The van der Waals surface area contributed by atoms with Crippen molar-refractivity contribution in [2.24, 2.45) is 0 Å². The van der Waals surface area contributed by atoms with Crippen molar-refractivity contribution in [2.75, 3.05) is 7.11 Å². The van der Waals surface area contributed by atoms with Gasteiger partial charge in [-0.15, -0.1) is 0 Å². The van der Waals surface area contributed by atoms with E-state index in [0.29, 0.717) is 10.7 Å². The van der Waals surface area contributed by atoms with Crippen LogP contribution in [0.1, 0.15) is 37.0 Å². The first-order chi connectivity index (χ1) is 9.44. The third-order valence-corrected chi connectivity index (χ3v) is 2.16. The average Bonchev–Trinajstić information content (AvgIpc) is 2.68. The van der Waals surface area contributed by atoms with E-state index in [9.17, 15) is 22.8 Å². The summed E-state index contributed by atoms with van der Waals surface area (Å²) in [5, 5.41) is 3.21. The van der Waals surface area contributed by atoms with E-state index in [1.807, 2.05) is 0 Å². The number of alkyl halides is 3. The van der Waals surface area contributed by atoms with Crippen molar-refractivity contribution in [3.05, 3.63) is 17.5 Å². The third-order valence-electron chi connectivity index (χ3n) is 2.16. The Morgan fingerprint density at radius 2 is 1.86 bits per heavy atom. The van der Waals surface area contributed by atoms with E-state index in [4.69, 9.17) is 4.74 Å². The van der Waals surface area contributed by atoms with E-state index < -0.39 is 41.6 Å². The minimum Gasteiger partial charge on any atom is -0.464 e. The first-order valence-electron chi connectivity index (χ1n) is 5.89. The zero-order valence-electron chi connectivity index (χ0n) is 11.9. The molecule has 0 saturated carbocycles. The lowest BCUT2D eigenvalue weighted by atomic mass is 10.2. The molecule has 0 fully saturated rings. The van der Waals surface area contributed by atoms with Crippen LogP contribution in [0.2, 0.25) is 0 Å². The van der Waals surface area contributed by atoms with E-state index in [1.165, 1.54) is 0 Å². The van der Waals surface area contributed by atoms with Gasteiger partial charge in [-0.3, -0.25) is 4.79 Å². The van der Waals surface area contributed by atoms with Crippen molar-refractivity contribution in [1.29, 1.82) is 0 Å². The van der Waals surface area contributed by atoms with Gasteiger partial charge in [-0.2, -0.15) is 18.3 Å². The van der Waals surface area contributed by atoms with Crippen LogP contribution >= 0.6 is 0 Å². The smallest absolute Gasteiger partial charge is 0.435 e. The number of methoxy groups -OCH3 is 1. The van der Waals surface area contributed by atoms with Gasteiger partial charge in [0.05, 0.1) is 7.11 Å². The van der Waals surface area contributed by atoms with Gasteiger partial charge in [0.25, 0.3) is 0 Å². The highest BCUT2D eigenvalue weighted by Gasteiger charge is 2.36. The second-order valence-electron chi connectivity index (χ2n) is 5.15.